The number of carbonyl (C=O) groups excluding carboxylic acids is 1. The van der Waals surface area contributed by atoms with E-state index in [9.17, 15) is 4.79 Å². The second kappa shape index (κ2) is 10.7. The third kappa shape index (κ3) is 6.26. The van der Waals surface area contributed by atoms with E-state index in [0.29, 0.717) is 23.0 Å². The smallest absolute Gasteiger partial charge is 0.410 e. The maximum absolute atomic E-state index is 12.5. The van der Waals surface area contributed by atoms with Crippen molar-refractivity contribution in [3.05, 3.63) is 29.2 Å². The van der Waals surface area contributed by atoms with Crippen LogP contribution >= 0.6 is 0 Å². The standard InChI is InChI=1S/C23H37N5O3/c1-16-8-7-13-28(14-16)23(29)30-15-20(27(3)25)22(24)19-11-12-21(17(2)26-19)31-18-9-5-4-6-10-18/h11-12,16,18H,4-10,13-15,24-25H2,1-3H3/b22-20-. The molecule has 31 heavy (non-hydrogen) atoms. The van der Waals surface area contributed by atoms with Crippen LogP contribution in [0.2, 0.25) is 0 Å². The van der Waals surface area contributed by atoms with Crippen LogP contribution in [0.4, 0.5) is 4.79 Å². The summed E-state index contributed by atoms with van der Waals surface area (Å²) in [5.74, 6) is 7.27. The Balaban J connectivity index is 1.68. The number of carbonyl (C=O) groups is 1. The SMILES string of the molecule is Cc1nc(/C(N)=C(\COC(=O)N2CCCC(C)C2)N(C)N)ccc1OC1CCCCC1. The number of aromatic nitrogens is 1. The Morgan fingerprint density at radius 1 is 1.23 bits per heavy atom. The van der Waals surface area contributed by atoms with Gasteiger partial charge in [-0.25, -0.2) is 15.6 Å². The lowest BCUT2D eigenvalue weighted by Crippen LogP contribution is -2.40. The van der Waals surface area contributed by atoms with Gasteiger partial charge in [0.2, 0.25) is 0 Å². The van der Waals surface area contributed by atoms with Crippen molar-refractivity contribution in [1.29, 1.82) is 0 Å². The molecule has 3 rings (SSSR count). The Hall–Kier alpha value is -2.48. The number of pyridine rings is 1. The first-order chi connectivity index (χ1) is 14.8. The molecule has 2 aliphatic rings. The summed E-state index contributed by atoms with van der Waals surface area (Å²) in [4.78, 5) is 18.8. The van der Waals surface area contributed by atoms with Gasteiger partial charge >= 0.3 is 6.09 Å². The van der Waals surface area contributed by atoms with E-state index in [4.69, 9.17) is 21.1 Å². The second-order valence-corrected chi connectivity index (χ2v) is 8.88. The summed E-state index contributed by atoms with van der Waals surface area (Å²) in [5.41, 5.74) is 8.64. The lowest BCUT2D eigenvalue weighted by atomic mass is 9.98. The number of rotatable bonds is 6. The van der Waals surface area contributed by atoms with E-state index in [2.05, 4.69) is 11.9 Å². The molecular weight excluding hydrogens is 394 g/mol. The first-order valence-corrected chi connectivity index (χ1v) is 11.4. The molecule has 172 valence electrons. The van der Waals surface area contributed by atoms with Crippen LogP contribution in [0.25, 0.3) is 5.70 Å². The lowest BCUT2D eigenvalue weighted by molar-refractivity contribution is 0.0885. The van der Waals surface area contributed by atoms with Gasteiger partial charge in [0, 0.05) is 20.1 Å². The van der Waals surface area contributed by atoms with Crippen molar-refractivity contribution in [3.8, 4) is 5.75 Å². The van der Waals surface area contributed by atoms with Gasteiger partial charge in [-0.1, -0.05) is 13.3 Å². The quantitative estimate of drug-likeness (QED) is 0.525. The molecular formula is C23H37N5O3. The summed E-state index contributed by atoms with van der Waals surface area (Å²) in [7, 11) is 1.67. The molecule has 1 aromatic rings. The first kappa shape index (κ1) is 23.2. The molecule has 2 fully saturated rings. The number of hydrazine groups is 1. The number of nitrogens with two attached hydrogens (primary N) is 2. The van der Waals surface area contributed by atoms with E-state index in [1.54, 1.807) is 11.9 Å². The molecule has 1 aliphatic heterocycles. The zero-order chi connectivity index (χ0) is 22.4. The van der Waals surface area contributed by atoms with E-state index < -0.39 is 0 Å². The molecule has 1 unspecified atom stereocenters. The third-order valence-electron chi connectivity index (χ3n) is 6.14. The molecule has 2 heterocycles. The highest BCUT2D eigenvalue weighted by Crippen LogP contribution is 2.26. The van der Waals surface area contributed by atoms with Crippen LogP contribution < -0.4 is 16.3 Å². The largest absolute Gasteiger partial charge is 0.489 e. The van der Waals surface area contributed by atoms with Gasteiger partial charge in [-0.2, -0.15) is 0 Å². The fourth-order valence-electron chi connectivity index (χ4n) is 4.28. The summed E-state index contributed by atoms with van der Waals surface area (Å²) < 4.78 is 11.7. The predicted octanol–water partition coefficient (Wildman–Crippen LogP) is 3.40. The molecule has 1 aliphatic carbocycles. The van der Waals surface area contributed by atoms with Gasteiger partial charge in [-0.05, 0) is 63.5 Å². The van der Waals surface area contributed by atoms with Gasteiger partial charge in [0.15, 0.2) is 0 Å². The van der Waals surface area contributed by atoms with Gasteiger partial charge in [-0.15, -0.1) is 0 Å². The minimum atomic E-state index is -0.334. The van der Waals surface area contributed by atoms with Crippen LogP contribution in [-0.2, 0) is 4.74 Å². The Kier molecular flexibility index (Phi) is 8.01. The number of ether oxygens (including phenoxy) is 2. The second-order valence-electron chi connectivity index (χ2n) is 8.88. The van der Waals surface area contributed by atoms with Crippen LogP contribution in [0.15, 0.2) is 17.8 Å². The molecule has 0 bridgehead atoms. The van der Waals surface area contributed by atoms with Crippen molar-refractivity contribution in [2.24, 2.45) is 17.5 Å². The maximum atomic E-state index is 12.5. The fraction of sp³-hybridized carbons (Fsp3) is 0.652. The van der Waals surface area contributed by atoms with E-state index >= 15 is 0 Å². The number of piperidine rings is 1. The van der Waals surface area contributed by atoms with Crippen molar-refractivity contribution in [2.75, 3.05) is 26.7 Å². The maximum Gasteiger partial charge on any atom is 0.410 e. The molecule has 1 saturated carbocycles. The molecule has 1 saturated heterocycles. The van der Waals surface area contributed by atoms with Crippen molar-refractivity contribution in [1.82, 2.24) is 14.9 Å². The summed E-state index contributed by atoms with van der Waals surface area (Å²) >= 11 is 0. The molecule has 8 heteroatoms. The van der Waals surface area contributed by atoms with E-state index in [1.165, 1.54) is 24.3 Å². The molecule has 1 amide bonds. The van der Waals surface area contributed by atoms with Crippen molar-refractivity contribution in [3.63, 3.8) is 0 Å². The van der Waals surface area contributed by atoms with E-state index in [0.717, 1.165) is 50.2 Å². The number of nitrogens with zero attached hydrogens (tertiary/aromatic N) is 3. The number of hydrogen-bond acceptors (Lipinski definition) is 7. The monoisotopic (exact) mass is 431 g/mol. The molecule has 0 radical (unpaired) electrons. The Labute approximate surface area is 185 Å². The topological polar surface area (TPSA) is 107 Å². The summed E-state index contributed by atoms with van der Waals surface area (Å²) in [5, 5.41) is 1.38. The van der Waals surface area contributed by atoms with Crippen LogP contribution in [0.3, 0.4) is 0 Å². The highest BCUT2D eigenvalue weighted by molar-refractivity contribution is 5.69. The zero-order valence-electron chi connectivity index (χ0n) is 19.1. The van der Waals surface area contributed by atoms with Gasteiger partial charge in [0.1, 0.15) is 12.4 Å². The molecule has 0 spiro atoms. The molecule has 0 aromatic carbocycles. The average Bonchev–Trinajstić information content (AvgIpc) is 2.75. The Morgan fingerprint density at radius 2 is 1.97 bits per heavy atom. The van der Waals surface area contributed by atoms with Crippen LogP contribution in [0.5, 0.6) is 5.75 Å². The number of aryl methyl sites for hydroxylation is 1. The summed E-state index contributed by atoms with van der Waals surface area (Å²) in [6, 6.07) is 3.74. The molecule has 8 nitrogen and oxygen atoms in total. The first-order valence-electron chi connectivity index (χ1n) is 11.4. The minimum absolute atomic E-state index is 0.0103. The van der Waals surface area contributed by atoms with Gasteiger partial charge < -0.3 is 25.1 Å². The van der Waals surface area contributed by atoms with Crippen LogP contribution in [0, 0.1) is 12.8 Å². The number of amides is 1. The molecule has 4 N–H and O–H groups in total. The van der Waals surface area contributed by atoms with E-state index in [-0.39, 0.29) is 18.8 Å². The minimum Gasteiger partial charge on any atom is -0.489 e. The fourth-order valence-corrected chi connectivity index (χ4v) is 4.28. The van der Waals surface area contributed by atoms with Crippen LogP contribution in [-0.4, -0.2) is 53.8 Å². The summed E-state index contributed by atoms with van der Waals surface area (Å²) in [6.45, 7) is 5.49. The van der Waals surface area contributed by atoms with E-state index in [1.807, 2.05) is 19.1 Å². The third-order valence-corrected chi connectivity index (χ3v) is 6.14. The molecule has 1 atom stereocenters. The predicted molar refractivity (Wildman–Crippen MR) is 121 cm³/mol. The van der Waals surface area contributed by atoms with Crippen molar-refractivity contribution >= 4 is 11.8 Å². The number of likely N-dealkylation sites (tertiary alicyclic amines) is 1. The highest BCUT2D eigenvalue weighted by atomic mass is 16.6. The molecule has 1 aromatic heterocycles. The van der Waals surface area contributed by atoms with Crippen molar-refractivity contribution < 1.29 is 14.3 Å². The zero-order valence-corrected chi connectivity index (χ0v) is 19.1. The van der Waals surface area contributed by atoms with Gasteiger partial charge in [0.05, 0.1) is 28.9 Å². The van der Waals surface area contributed by atoms with Crippen molar-refractivity contribution in [2.45, 2.75) is 64.9 Å². The number of likely N-dealkylation sites (N-methyl/N-ethyl adjacent to an activating group) is 1. The normalized spacial score (nSPS) is 20.8. The Morgan fingerprint density at radius 3 is 2.61 bits per heavy atom. The van der Waals surface area contributed by atoms with Gasteiger partial charge in [-0.3, -0.25) is 0 Å². The Bertz CT molecular complexity index is 789. The number of hydrogen-bond donors (Lipinski definition) is 2. The summed E-state index contributed by atoms with van der Waals surface area (Å²) in [6.07, 6.45) is 7.95. The average molecular weight is 432 g/mol. The lowest BCUT2D eigenvalue weighted by Gasteiger charge is -2.30. The highest BCUT2D eigenvalue weighted by Gasteiger charge is 2.23. The van der Waals surface area contributed by atoms with Gasteiger partial charge in [0.25, 0.3) is 0 Å². The van der Waals surface area contributed by atoms with Crippen LogP contribution in [0.1, 0.15) is 63.3 Å².